The van der Waals surface area contributed by atoms with Gasteiger partial charge in [0.05, 0.1) is 0 Å². The summed E-state index contributed by atoms with van der Waals surface area (Å²) in [7, 11) is -3.78. The molecular formula is C21H22N4O5S2. The monoisotopic (exact) mass is 474 g/mol. The standard InChI is InChI=1S/C21H22N4O5S2/c1-4-19(27)23-21-13(2)24-30-18(21)11-9-17-10-12-20(31-17)32(28,29)25-16-7-5-15(6-8-16)22-14(3)26/h5-12,25H,4H2,1-3H3,(H,22,26)(H,23,27)/b11-9+. The average Bonchev–Trinajstić information content (AvgIpc) is 3.35. The number of amides is 2. The highest BCUT2D eigenvalue weighted by Gasteiger charge is 2.17. The molecule has 0 saturated carbocycles. The van der Waals surface area contributed by atoms with Crippen LogP contribution in [-0.4, -0.2) is 25.4 Å². The van der Waals surface area contributed by atoms with Gasteiger partial charge in [-0.25, -0.2) is 8.42 Å². The Kier molecular flexibility index (Phi) is 7.11. The van der Waals surface area contributed by atoms with Gasteiger partial charge in [-0.1, -0.05) is 12.1 Å². The number of thiophene rings is 1. The lowest BCUT2D eigenvalue weighted by atomic mass is 10.2. The maximum Gasteiger partial charge on any atom is 0.271 e. The fraction of sp³-hybridized carbons (Fsp3) is 0.190. The topological polar surface area (TPSA) is 130 Å². The fourth-order valence-electron chi connectivity index (χ4n) is 2.64. The normalized spacial score (nSPS) is 11.5. The molecule has 0 radical (unpaired) electrons. The van der Waals surface area contributed by atoms with Gasteiger partial charge in [-0.15, -0.1) is 11.3 Å². The molecule has 0 unspecified atom stereocenters. The van der Waals surface area contributed by atoms with Gasteiger partial charge in [-0.05, 0) is 55.5 Å². The molecule has 9 nitrogen and oxygen atoms in total. The third kappa shape index (κ3) is 5.83. The van der Waals surface area contributed by atoms with Crippen molar-refractivity contribution in [3.63, 3.8) is 0 Å². The van der Waals surface area contributed by atoms with Crippen molar-refractivity contribution in [3.05, 3.63) is 52.7 Å². The predicted molar refractivity (Wildman–Crippen MR) is 125 cm³/mol. The van der Waals surface area contributed by atoms with Crippen LogP contribution in [-0.2, 0) is 19.6 Å². The van der Waals surface area contributed by atoms with E-state index in [1.54, 1.807) is 56.3 Å². The molecule has 0 atom stereocenters. The molecule has 2 aromatic heterocycles. The third-order valence-corrected chi connectivity index (χ3v) is 7.12. The Balaban J connectivity index is 1.72. The molecule has 3 N–H and O–H groups in total. The zero-order valence-corrected chi connectivity index (χ0v) is 19.3. The van der Waals surface area contributed by atoms with E-state index in [0.29, 0.717) is 39.8 Å². The number of hydrogen-bond acceptors (Lipinski definition) is 7. The van der Waals surface area contributed by atoms with E-state index in [4.69, 9.17) is 4.52 Å². The maximum absolute atomic E-state index is 12.7. The number of anilines is 3. The van der Waals surface area contributed by atoms with Gasteiger partial charge >= 0.3 is 0 Å². The first-order valence-corrected chi connectivity index (χ1v) is 11.9. The highest BCUT2D eigenvalue weighted by Crippen LogP contribution is 2.28. The van der Waals surface area contributed by atoms with Crippen LogP contribution in [0.15, 0.2) is 45.1 Å². The molecule has 0 bridgehead atoms. The molecule has 0 aliphatic carbocycles. The first kappa shape index (κ1) is 23.2. The first-order chi connectivity index (χ1) is 15.2. The van der Waals surface area contributed by atoms with E-state index >= 15 is 0 Å². The van der Waals surface area contributed by atoms with Gasteiger partial charge in [0.2, 0.25) is 11.8 Å². The lowest BCUT2D eigenvalue weighted by molar-refractivity contribution is -0.116. The van der Waals surface area contributed by atoms with Crippen molar-refractivity contribution in [2.75, 3.05) is 15.4 Å². The minimum atomic E-state index is -3.78. The van der Waals surface area contributed by atoms with Crippen molar-refractivity contribution in [3.8, 4) is 0 Å². The number of hydrogen-bond donors (Lipinski definition) is 3. The zero-order chi connectivity index (χ0) is 23.3. The van der Waals surface area contributed by atoms with E-state index in [9.17, 15) is 18.0 Å². The molecule has 0 fully saturated rings. The molecule has 32 heavy (non-hydrogen) atoms. The highest BCUT2D eigenvalue weighted by atomic mass is 32.2. The molecule has 0 saturated heterocycles. The van der Waals surface area contributed by atoms with Gasteiger partial charge in [0, 0.05) is 29.6 Å². The van der Waals surface area contributed by atoms with E-state index < -0.39 is 10.0 Å². The average molecular weight is 475 g/mol. The van der Waals surface area contributed by atoms with Crippen molar-refractivity contribution < 1.29 is 22.5 Å². The van der Waals surface area contributed by atoms with Gasteiger partial charge in [-0.3, -0.25) is 14.3 Å². The third-order valence-electron chi connectivity index (χ3n) is 4.20. The first-order valence-electron chi connectivity index (χ1n) is 9.62. The number of rotatable bonds is 8. The van der Waals surface area contributed by atoms with Crippen LogP contribution < -0.4 is 15.4 Å². The number of benzene rings is 1. The summed E-state index contributed by atoms with van der Waals surface area (Å²) in [4.78, 5) is 23.5. The van der Waals surface area contributed by atoms with E-state index in [1.807, 2.05) is 0 Å². The lowest BCUT2D eigenvalue weighted by Crippen LogP contribution is -2.11. The lowest BCUT2D eigenvalue weighted by Gasteiger charge is -2.07. The molecule has 0 aliphatic rings. The smallest absolute Gasteiger partial charge is 0.271 e. The number of aromatic nitrogens is 1. The van der Waals surface area contributed by atoms with Crippen molar-refractivity contribution in [1.82, 2.24) is 5.16 Å². The number of sulfonamides is 1. The van der Waals surface area contributed by atoms with E-state index in [1.165, 1.54) is 13.0 Å². The molecule has 0 aliphatic heterocycles. The Labute approximate surface area is 189 Å². The molecule has 3 rings (SSSR count). The summed E-state index contributed by atoms with van der Waals surface area (Å²) in [6.45, 7) is 4.86. The second-order valence-electron chi connectivity index (χ2n) is 6.76. The minimum absolute atomic E-state index is 0.136. The second kappa shape index (κ2) is 9.79. The summed E-state index contributed by atoms with van der Waals surface area (Å²) in [6.07, 6.45) is 3.64. The quantitative estimate of drug-likeness (QED) is 0.446. The second-order valence-corrected chi connectivity index (χ2v) is 9.79. The van der Waals surface area contributed by atoms with Crippen LogP contribution in [0.5, 0.6) is 0 Å². The van der Waals surface area contributed by atoms with E-state index in [2.05, 4.69) is 20.5 Å². The van der Waals surface area contributed by atoms with Gasteiger partial charge in [0.15, 0.2) is 5.76 Å². The summed E-state index contributed by atoms with van der Waals surface area (Å²) < 4.78 is 33.3. The maximum atomic E-state index is 12.7. The highest BCUT2D eigenvalue weighted by molar-refractivity contribution is 7.94. The van der Waals surface area contributed by atoms with Crippen LogP contribution in [0, 0.1) is 6.92 Å². The minimum Gasteiger partial charge on any atom is -0.354 e. The predicted octanol–water partition coefficient (Wildman–Crippen LogP) is 4.32. The summed E-state index contributed by atoms with van der Waals surface area (Å²) in [5, 5.41) is 9.23. The molecule has 168 valence electrons. The molecule has 3 aromatic rings. The van der Waals surface area contributed by atoms with Crippen LogP contribution >= 0.6 is 11.3 Å². The molecule has 2 heterocycles. The number of carbonyl (C=O) groups excluding carboxylic acids is 2. The molecule has 2 amide bonds. The van der Waals surface area contributed by atoms with Crippen LogP contribution in [0.2, 0.25) is 0 Å². The van der Waals surface area contributed by atoms with Gasteiger partial charge in [0.1, 0.15) is 15.6 Å². The van der Waals surface area contributed by atoms with Crippen LogP contribution in [0.25, 0.3) is 12.2 Å². The number of aryl methyl sites for hydroxylation is 1. The molecule has 11 heteroatoms. The van der Waals surface area contributed by atoms with Crippen LogP contribution in [0.3, 0.4) is 0 Å². The number of carbonyl (C=O) groups is 2. The number of nitrogens with zero attached hydrogens (tertiary/aromatic N) is 1. The van der Waals surface area contributed by atoms with Gasteiger partial charge in [0.25, 0.3) is 10.0 Å². The molecular weight excluding hydrogens is 452 g/mol. The van der Waals surface area contributed by atoms with Gasteiger partial charge in [-0.2, -0.15) is 0 Å². The van der Waals surface area contributed by atoms with E-state index in [0.717, 1.165) is 11.3 Å². The molecule has 0 spiro atoms. The number of nitrogens with one attached hydrogen (secondary N) is 3. The summed E-state index contributed by atoms with van der Waals surface area (Å²) in [5.74, 6) is 0.00369. The fourth-order valence-corrected chi connectivity index (χ4v) is 4.92. The summed E-state index contributed by atoms with van der Waals surface area (Å²) in [6, 6.07) is 9.52. The van der Waals surface area contributed by atoms with E-state index in [-0.39, 0.29) is 16.0 Å². The zero-order valence-electron chi connectivity index (χ0n) is 17.6. The summed E-state index contributed by atoms with van der Waals surface area (Å²) in [5.41, 5.74) is 1.98. The Morgan fingerprint density at radius 1 is 1.06 bits per heavy atom. The van der Waals surface area contributed by atoms with Crippen molar-refractivity contribution in [2.45, 2.75) is 31.4 Å². The summed E-state index contributed by atoms with van der Waals surface area (Å²) >= 11 is 1.08. The Morgan fingerprint density at radius 3 is 2.41 bits per heavy atom. The Morgan fingerprint density at radius 2 is 1.75 bits per heavy atom. The largest absolute Gasteiger partial charge is 0.354 e. The van der Waals surface area contributed by atoms with Crippen molar-refractivity contribution in [2.24, 2.45) is 0 Å². The Hall–Kier alpha value is -3.44. The molecule has 1 aromatic carbocycles. The van der Waals surface area contributed by atoms with Crippen LogP contribution in [0.1, 0.15) is 36.6 Å². The SMILES string of the molecule is CCC(=O)Nc1c(C)noc1/C=C/c1ccc(S(=O)(=O)Nc2ccc(NC(C)=O)cc2)s1. The van der Waals surface area contributed by atoms with Crippen LogP contribution in [0.4, 0.5) is 17.1 Å². The van der Waals surface area contributed by atoms with Crippen molar-refractivity contribution in [1.29, 1.82) is 0 Å². The Bertz CT molecular complexity index is 1260. The van der Waals surface area contributed by atoms with Gasteiger partial charge < -0.3 is 15.2 Å². The van der Waals surface area contributed by atoms with Crippen molar-refractivity contribution >= 4 is 62.4 Å².